The van der Waals surface area contributed by atoms with Crippen molar-refractivity contribution in [2.45, 2.75) is 77.0 Å². The third kappa shape index (κ3) is 2.03. The Balaban J connectivity index is 1.71. The van der Waals surface area contributed by atoms with Gasteiger partial charge in [0.15, 0.2) is 0 Å². The lowest BCUT2D eigenvalue weighted by molar-refractivity contribution is -0.214. The summed E-state index contributed by atoms with van der Waals surface area (Å²) in [5, 5.41) is 22.1. The average molecular weight is 332 g/mol. The summed E-state index contributed by atoms with van der Waals surface area (Å²) in [5.74, 6) is 4.67. The molecule has 4 aliphatic rings. The maximum atomic E-state index is 11.1. The number of aliphatic hydroxyl groups is 2. The number of hydrogen-bond acceptors (Lipinski definition) is 3. The number of nitrogens with two attached hydrogens (primary N) is 1. The van der Waals surface area contributed by atoms with Crippen molar-refractivity contribution >= 4 is 0 Å². The van der Waals surface area contributed by atoms with E-state index in [2.05, 4.69) is 19.8 Å². The number of aliphatic hydroxyl groups excluding tert-OH is 2. The summed E-state index contributed by atoms with van der Waals surface area (Å²) < 4.78 is 0. The van der Waals surface area contributed by atoms with Crippen molar-refractivity contribution in [1.29, 1.82) is 0 Å². The number of rotatable bonds is 0. The lowest BCUT2D eigenvalue weighted by Crippen LogP contribution is -2.64. The highest BCUT2D eigenvalue weighted by molar-refractivity contribution is 5.17. The van der Waals surface area contributed by atoms with Crippen LogP contribution in [0.4, 0.5) is 0 Å². The Labute approximate surface area is 146 Å². The summed E-state index contributed by atoms with van der Waals surface area (Å²) in [6.45, 7) is 4.71. The molecular weight excluding hydrogens is 298 g/mol. The first-order chi connectivity index (χ1) is 11.3. The minimum atomic E-state index is -0.630. The van der Waals surface area contributed by atoms with Gasteiger partial charge in [0.2, 0.25) is 0 Å². The van der Waals surface area contributed by atoms with Gasteiger partial charge in [-0.3, -0.25) is 0 Å². The van der Waals surface area contributed by atoms with E-state index in [0.717, 1.165) is 38.5 Å². The smallest absolute Gasteiger partial charge is 0.0836 e. The van der Waals surface area contributed by atoms with Gasteiger partial charge in [0.25, 0.3) is 0 Å². The van der Waals surface area contributed by atoms with Gasteiger partial charge in [0.1, 0.15) is 0 Å². The van der Waals surface area contributed by atoms with E-state index in [1.807, 2.05) is 0 Å². The van der Waals surface area contributed by atoms with Crippen LogP contribution in [0.3, 0.4) is 0 Å². The van der Waals surface area contributed by atoms with Crippen LogP contribution >= 0.6 is 0 Å². The SMILES string of the molecule is C#C[C@H]1CCC2C3C(O)[C@H](O)C4C[C@@H](N)CC[C@]4(C)C3CC[C@@]21C. The maximum absolute atomic E-state index is 11.1. The van der Waals surface area contributed by atoms with Crippen molar-refractivity contribution in [3.8, 4) is 12.3 Å². The van der Waals surface area contributed by atoms with Crippen molar-refractivity contribution in [2.75, 3.05) is 0 Å². The second-order valence-electron chi connectivity index (χ2n) is 9.76. The van der Waals surface area contributed by atoms with Crippen LogP contribution in [0.25, 0.3) is 0 Å². The predicted molar refractivity (Wildman–Crippen MR) is 94.8 cm³/mol. The predicted octanol–water partition coefficient (Wildman–Crippen LogP) is 2.55. The second-order valence-corrected chi connectivity index (χ2v) is 9.76. The van der Waals surface area contributed by atoms with E-state index in [1.165, 1.54) is 6.42 Å². The normalized spacial score (nSPS) is 59.8. The Morgan fingerprint density at radius 1 is 0.917 bits per heavy atom. The molecule has 0 heterocycles. The molecule has 4 fully saturated rings. The van der Waals surface area contributed by atoms with Crippen LogP contribution in [0.5, 0.6) is 0 Å². The molecular formula is C21H33NO2. The highest BCUT2D eigenvalue weighted by atomic mass is 16.3. The Hall–Kier alpha value is -0.560. The molecule has 0 amide bonds. The molecule has 4 saturated carbocycles. The van der Waals surface area contributed by atoms with Crippen molar-refractivity contribution in [3.63, 3.8) is 0 Å². The Morgan fingerprint density at radius 3 is 2.29 bits per heavy atom. The molecule has 0 bridgehead atoms. The molecule has 0 aromatic heterocycles. The van der Waals surface area contributed by atoms with E-state index in [9.17, 15) is 10.2 Å². The Kier molecular flexibility index (Phi) is 3.85. The molecule has 5 unspecified atom stereocenters. The molecule has 3 heteroatoms. The number of hydrogen-bond donors (Lipinski definition) is 3. The van der Waals surface area contributed by atoms with Gasteiger partial charge in [-0.15, -0.1) is 12.3 Å². The number of fused-ring (bicyclic) bond motifs is 5. The highest BCUT2D eigenvalue weighted by Gasteiger charge is 2.64. The summed E-state index contributed by atoms with van der Waals surface area (Å²) in [7, 11) is 0. The highest BCUT2D eigenvalue weighted by Crippen LogP contribution is 2.67. The third-order valence-electron chi connectivity index (χ3n) is 8.99. The molecule has 0 spiro atoms. The van der Waals surface area contributed by atoms with Crippen molar-refractivity contribution in [1.82, 2.24) is 0 Å². The van der Waals surface area contributed by atoms with E-state index >= 15 is 0 Å². The van der Waals surface area contributed by atoms with Gasteiger partial charge in [-0.2, -0.15) is 0 Å². The molecule has 0 aromatic rings. The number of terminal acetylenes is 1. The molecule has 0 saturated heterocycles. The maximum Gasteiger partial charge on any atom is 0.0836 e. The van der Waals surface area contributed by atoms with Gasteiger partial charge in [-0.05, 0) is 79.4 Å². The monoisotopic (exact) mass is 331 g/mol. The summed E-state index contributed by atoms with van der Waals surface area (Å²) in [6.07, 6.45) is 12.1. The van der Waals surface area contributed by atoms with Gasteiger partial charge in [-0.25, -0.2) is 0 Å². The molecule has 0 aromatic carbocycles. The summed E-state index contributed by atoms with van der Waals surface area (Å²) in [4.78, 5) is 0. The Morgan fingerprint density at radius 2 is 1.58 bits per heavy atom. The molecule has 24 heavy (non-hydrogen) atoms. The van der Waals surface area contributed by atoms with Crippen LogP contribution in [0.2, 0.25) is 0 Å². The van der Waals surface area contributed by atoms with Crippen molar-refractivity contribution < 1.29 is 10.2 Å². The summed E-state index contributed by atoms with van der Waals surface area (Å²) >= 11 is 0. The fourth-order valence-electron chi connectivity index (χ4n) is 7.56. The largest absolute Gasteiger partial charge is 0.390 e. The van der Waals surface area contributed by atoms with Crippen LogP contribution in [-0.4, -0.2) is 28.5 Å². The lowest BCUT2D eigenvalue weighted by atomic mass is 9.43. The van der Waals surface area contributed by atoms with E-state index < -0.39 is 12.2 Å². The van der Waals surface area contributed by atoms with Crippen molar-refractivity contribution in [2.24, 2.45) is 46.2 Å². The Bertz CT molecular complexity index is 557. The van der Waals surface area contributed by atoms with Crippen LogP contribution in [0.1, 0.15) is 58.8 Å². The zero-order valence-corrected chi connectivity index (χ0v) is 15.1. The molecule has 4 aliphatic carbocycles. The fourth-order valence-corrected chi connectivity index (χ4v) is 7.56. The van der Waals surface area contributed by atoms with Gasteiger partial charge in [-0.1, -0.05) is 13.8 Å². The van der Waals surface area contributed by atoms with Crippen LogP contribution < -0.4 is 5.73 Å². The van der Waals surface area contributed by atoms with Gasteiger partial charge < -0.3 is 15.9 Å². The van der Waals surface area contributed by atoms with E-state index in [-0.39, 0.29) is 28.7 Å². The van der Waals surface area contributed by atoms with Crippen LogP contribution in [0.15, 0.2) is 0 Å². The third-order valence-corrected chi connectivity index (χ3v) is 8.99. The zero-order chi connectivity index (χ0) is 17.3. The molecule has 3 nitrogen and oxygen atoms in total. The van der Waals surface area contributed by atoms with Gasteiger partial charge >= 0.3 is 0 Å². The van der Waals surface area contributed by atoms with Crippen molar-refractivity contribution in [3.05, 3.63) is 0 Å². The summed E-state index contributed by atoms with van der Waals surface area (Å²) in [6, 6.07) is 0.174. The molecule has 0 aliphatic heterocycles. The minimum Gasteiger partial charge on any atom is -0.390 e. The van der Waals surface area contributed by atoms with Crippen LogP contribution in [-0.2, 0) is 0 Å². The topological polar surface area (TPSA) is 66.5 Å². The van der Waals surface area contributed by atoms with E-state index in [1.54, 1.807) is 0 Å². The second kappa shape index (κ2) is 5.47. The zero-order valence-electron chi connectivity index (χ0n) is 15.1. The molecule has 4 rings (SSSR count). The fraction of sp³-hybridized carbons (Fsp3) is 0.905. The molecule has 134 valence electrons. The molecule has 4 N–H and O–H groups in total. The van der Waals surface area contributed by atoms with Crippen LogP contribution in [0, 0.1) is 52.8 Å². The first-order valence-electron chi connectivity index (χ1n) is 9.91. The standard InChI is InChI=1S/C21H33NO2/c1-4-12-5-6-14-17-15(8-10-20(12,14)2)21(3)9-7-13(22)11-16(21)18(23)19(17)24/h1,12-19,23-24H,5-11,22H2,2-3H3/t12-,13-,14?,15?,16?,17?,18+,19?,20+,21+/m0/s1. The average Bonchev–Trinajstić information content (AvgIpc) is 2.90. The summed E-state index contributed by atoms with van der Waals surface area (Å²) in [5.41, 5.74) is 6.47. The molecule has 0 radical (unpaired) electrons. The van der Waals surface area contributed by atoms with Gasteiger partial charge in [0.05, 0.1) is 12.2 Å². The van der Waals surface area contributed by atoms with E-state index in [0.29, 0.717) is 17.8 Å². The quantitative estimate of drug-likeness (QED) is 0.598. The van der Waals surface area contributed by atoms with E-state index in [4.69, 9.17) is 12.2 Å². The first-order valence-corrected chi connectivity index (χ1v) is 9.91. The lowest BCUT2D eigenvalue weighted by Gasteiger charge is -2.63. The first kappa shape index (κ1) is 16.9. The minimum absolute atomic E-state index is 0.120. The van der Waals surface area contributed by atoms with Gasteiger partial charge in [0, 0.05) is 12.0 Å². The molecule has 10 atom stereocenters.